The van der Waals surface area contributed by atoms with Crippen LogP contribution in [0.4, 0.5) is 0 Å². The van der Waals surface area contributed by atoms with Gasteiger partial charge in [-0.2, -0.15) is 10.1 Å². The highest BCUT2D eigenvalue weighted by molar-refractivity contribution is 8.18. The third-order valence-corrected chi connectivity index (χ3v) is 6.62. The summed E-state index contributed by atoms with van der Waals surface area (Å²) in [5.41, 5.74) is 2.75. The standard InChI is InChI=1S/C21H18N4O2S2/c26-20-18(29-21(22-20)24-8-10-27-11-9-24)13-15-14-25(16-5-2-1-3-6-16)23-19(15)17-7-4-12-28-17/h1-7,12-14H,8-11H2/b18-13+. The normalized spacial score (nSPS) is 18.5. The molecule has 1 fully saturated rings. The van der Waals surface area contributed by atoms with E-state index < -0.39 is 0 Å². The summed E-state index contributed by atoms with van der Waals surface area (Å²) >= 11 is 3.06. The average molecular weight is 423 g/mol. The Hall–Kier alpha value is -2.68. The summed E-state index contributed by atoms with van der Waals surface area (Å²) in [5, 5.41) is 7.59. The summed E-state index contributed by atoms with van der Waals surface area (Å²) in [5.74, 6) is -0.193. The molecule has 0 atom stereocenters. The number of thiophene rings is 1. The van der Waals surface area contributed by atoms with Gasteiger partial charge in [0.05, 0.1) is 28.7 Å². The SMILES string of the molecule is O=C1N=C(N2CCOCC2)S/C1=C/c1cn(-c2ccccc2)nc1-c1cccs1. The summed E-state index contributed by atoms with van der Waals surface area (Å²) in [6.45, 7) is 2.86. The van der Waals surface area contributed by atoms with Crippen LogP contribution in [-0.4, -0.2) is 52.1 Å². The van der Waals surface area contributed by atoms with Crippen molar-refractivity contribution in [2.45, 2.75) is 0 Å². The van der Waals surface area contributed by atoms with Crippen molar-refractivity contribution >= 4 is 40.2 Å². The van der Waals surface area contributed by atoms with Crippen LogP contribution in [0.3, 0.4) is 0 Å². The molecule has 0 saturated carbocycles. The van der Waals surface area contributed by atoms with Crippen molar-refractivity contribution in [1.82, 2.24) is 14.7 Å². The van der Waals surface area contributed by atoms with Gasteiger partial charge in [0, 0.05) is 24.8 Å². The fourth-order valence-corrected chi connectivity index (χ4v) is 4.93. The number of hydrogen-bond acceptors (Lipinski definition) is 6. The van der Waals surface area contributed by atoms with E-state index in [0.29, 0.717) is 18.1 Å². The number of amides is 1. The number of amidine groups is 1. The first-order chi connectivity index (χ1) is 14.3. The lowest BCUT2D eigenvalue weighted by atomic mass is 10.2. The molecule has 1 saturated heterocycles. The molecule has 2 aromatic heterocycles. The van der Waals surface area contributed by atoms with Crippen molar-refractivity contribution in [3.8, 4) is 16.3 Å². The number of aromatic nitrogens is 2. The molecule has 2 aliphatic heterocycles. The molecule has 6 nitrogen and oxygen atoms in total. The van der Waals surface area contributed by atoms with Gasteiger partial charge in [-0.3, -0.25) is 4.79 Å². The Bertz CT molecular complexity index is 1080. The molecule has 0 spiro atoms. The van der Waals surface area contributed by atoms with Gasteiger partial charge >= 0.3 is 0 Å². The number of rotatable bonds is 3. The van der Waals surface area contributed by atoms with Crippen LogP contribution in [0, 0.1) is 0 Å². The highest BCUT2D eigenvalue weighted by atomic mass is 32.2. The van der Waals surface area contributed by atoms with Crippen LogP contribution in [0.5, 0.6) is 0 Å². The number of morpholine rings is 1. The number of carbonyl (C=O) groups excluding carboxylic acids is 1. The minimum Gasteiger partial charge on any atom is -0.378 e. The maximum Gasteiger partial charge on any atom is 0.286 e. The van der Waals surface area contributed by atoms with Crippen LogP contribution < -0.4 is 0 Å². The number of ether oxygens (including phenoxy) is 1. The highest BCUT2D eigenvalue weighted by Gasteiger charge is 2.27. The van der Waals surface area contributed by atoms with Gasteiger partial charge in [-0.1, -0.05) is 24.3 Å². The van der Waals surface area contributed by atoms with E-state index in [1.54, 1.807) is 11.3 Å². The van der Waals surface area contributed by atoms with Crippen molar-refractivity contribution in [2.24, 2.45) is 4.99 Å². The van der Waals surface area contributed by atoms with Gasteiger partial charge in [-0.15, -0.1) is 11.3 Å². The first-order valence-corrected chi connectivity index (χ1v) is 11.0. The lowest BCUT2D eigenvalue weighted by Crippen LogP contribution is -2.38. The fraction of sp³-hybridized carbons (Fsp3) is 0.190. The Kier molecular flexibility index (Phi) is 5.05. The predicted octanol–water partition coefficient (Wildman–Crippen LogP) is 3.90. The maximum atomic E-state index is 12.5. The zero-order valence-corrected chi connectivity index (χ0v) is 17.2. The van der Waals surface area contributed by atoms with E-state index in [2.05, 4.69) is 9.89 Å². The van der Waals surface area contributed by atoms with Crippen molar-refractivity contribution in [2.75, 3.05) is 26.3 Å². The first kappa shape index (κ1) is 18.4. The number of carbonyl (C=O) groups is 1. The molecule has 4 heterocycles. The zero-order valence-electron chi connectivity index (χ0n) is 15.5. The number of aliphatic imine (C=N–C) groups is 1. The van der Waals surface area contributed by atoms with Gasteiger partial charge in [0.15, 0.2) is 5.17 Å². The lowest BCUT2D eigenvalue weighted by Gasteiger charge is -2.27. The van der Waals surface area contributed by atoms with E-state index in [1.165, 1.54) is 11.8 Å². The molecule has 3 aromatic rings. The molecule has 146 valence electrons. The van der Waals surface area contributed by atoms with E-state index in [9.17, 15) is 4.79 Å². The number of benzene rings is 1. The average Bonchev–Trinajstić information content (AvgIpc) is 3.50. The molecule has 0 bridgehead atoms. The second-order valence-corrected chi connectivity index (χ2v) is 8.56. The minimum absolute atomic E-state index is 0.193. The first-order valence-electron chi connectivity index (χ1n) is 9.32. The summed E-state index contributed by atoms with van der Waals surface area (Å²) in [4.78, 5) is 20.6. The molecule has 0 N–H and O–H groups in total. The number of para-hydroxylation sites is 1. The van der Waals surface area contributed by atoms with Gasteiger partial charge in [-0.05, 0) is 41.4 Å². The summed E-state index contributed by atoms with van der Waals surface area (Å²) < 4.78 is 7.25. The van der Waals surface area contributed by atoms with Crippen LogP contribution in [0.2, 0.25) is 0 Å². The summed E-state index contributed by atoms with van der Waals surface area (Å²) in [6, 6.07) is 14.0. The van der Waals surface area contributed by atoms with Crippen LogP contribution in [-0.2, 0) is 9.53 Å². The van der Waals surface area contributed by atoms with Gasteiger partial charge in [-0.25, -0.2) is 4.68 Å². The van der Waals surface area contributed by atoms with Crippen LogP contribution in [0.15, 0.2) is 63.9 Å². The molecule has 29 heavy (non-hydrogen) atoms. The second kappa shape index (κ2) is 7.98. The highest BCUT2D eigenvalue weighted by Crippen LogP contribution is 2.34. The largest absolute Gasteiger partial charge is 0.378 e. The van der Waals surface area contributed by atoms with Crippen molar-refractivity contribution < 1.29 is 9.53 Å². The number of thioether (sulfide) groups is 1. The minimum atomic E-state index is -0.193. The molecular weight excluding hydrogens is 404 g/mol. The molecule has 0 unspecified atom stereocenters. The van der Waals surface area contributed by atoms with E-state index in [-0.39, 0.29) is 5.91 Å². The Morgan fingerprint density at radius 2 is 1.90 bits per heavy atom. The van der Waals surface area contributed by atoms with Gasteiger partial charge in [0.1, 0.15) is 5.69 Å². The lowest BCUT2D eigenvalue weighted by molar-refractivity contribution is -0.113. The van der Waals surface area contributed by atoms with Crippen molar-refractivity contribution in [3.63, 3.8) is 0 Å². The summed E-state index contributed by atoms with van der Waals surface area (Å²) in [7, 11) is 0. The van der Waals surface area contributed by atoms with E-state index in [0.717, 1.165) is 40.1 Å². The van der Waals surface area contributed by atoms with Gasteiger partial charge in [0.25, 0.3) is 5.91 Å². The molecule has 1 aromatic carbocycles. The van der Waals surface area contributed by atoms with E-state index in [1.807, 2.05) is 64.8 Å². The Morgan fingerprint density at radius 1 is 1.07 bits per heavy atom. The third-order valence-electron chi connectivity index (χ3n) is 4.70. The maximum absolute atomic E-state index is 12.5. The molecule has 1 amide bonds. The third kappa shape index (κ3) is 3.78. The Balaban J connectivity index is 1.49. The Morgan fingerprint density at radius 3 is 2.66 bits per heavy atom. The monoisotopic (exact) mass is 422 g/mol. The van der Waals surface area contributed by atoms with Crippen LogP contribution in [0.1, 0.15) is 5.56 Å². The zero-order chi connectivity index (χ0) is 19.6. The predicted molar refractivity (Wildman–Crippen MR) is 117 cm³/mol. The van der Waals surface area contributed by atoms with Gasteiger partial charge < -0.3 is 9.64 Å². The molecule has 2 aliphatic rings. The van der Waals surface area contributed by atoms with E-state index >= 15 is 0 Å². The smallest absolute Gasteiger partial charge is 0.286 e. The Labute approximate surface area is 176 Å². The molecule has 0 aliphatic carbocycles. The van der Waals surface area contributed by atoms with Crippen molar-refractivity contribution in [1.29, 1.82) is 0 Å². The van der Waals surface area contributed by atoms with Crippen molar-refractivity contribution in [3.05, 3.63) is 64.5 Å². The molecular formula is C21H18N4O2S2. The molecule has 8 heteroatoms. The number of hydrogen-bond donors (Lipinski definition) is 0. The number of nitrogens with zero attached hydrogens (tertiary/aromatic N) is 4. The fourth-order valence-electron chi connectivity index (χ4n) is 3.24. The molecule has 0 radical (unpaired) electrons. The second-order valence-electron chi connectivity index (χ2n) is 6.60. The topological polar surface area (TPSA) is 59.7 Å². The quantitative estimate of drug-likeness (QED) is 0.599. The molecule has 5 rings (SSSR count). The van der Waals surface area contributed by atoms with Gasteiger partial charge in [0.2, 0.25) is 0 Å². The van der Waals surface area contributed by atoms with E-state index in [4.69, 9.17) is 9.84 Å². The van der Waals surface area contributed by atoms with Crippen LogP contribution >= 0.6 is 23.1 Å². The van der Waals surface area contributed by atoms with Crippen LogP contribution in [0.25, 0.3) is 22.3 Å². The summed E-state index contributed by atoms with van der Waals surface area (Å²) in [6.07, 6.45) is 3.88.